The first-order valence-electron chi connectivity index (χ1n) is 7.02. The zero-order valence-corrected chi connectivity index (χ0v) is 13.4. The van der Waals surface area contributed by atoms with E-state index < -0.39 is 21.9 Å². The molecule has 0 aliphatic carbocycles. The normalized spacial score (nSPS) is 16.9. The second-order valence-corrected chi connectivity index (χ2v) is 7.17. The summed E-state index contributed by atoms with van der Waals surface area (Å²) in [5, 5.41) is 11.7. The van der Waals surface area contributed by atoms with Crippen LogP contribution >= 0.6 is 0 Å². The minimum absolute atomic E-state index is 0.0374. The largest absolute Gasteiger partial charge is 0.497 e. The molecule has 1 fully saturated rings. The first-order valence-corrected chi connectivity index (χ1v) is 8.63. The summed E-state index contributed by atoms with van der Waals surface area (Å²) in [6.45, 7) is 0.505. The molecule has 1 aromatic rings. The molecule has 2 rings (SSSR count). The van der Waals surface area contributed by atoms with E-state index >= 15 is 0 Å². The molecule has 1 aliphatic heterocycles. The van der Waals surface area contributed by atoms with Crippen molar-refractivity contribution in [3.8, 4) is 5.75 Å². The Labute approximate surface area is 134 Å². The Morgan fingerprint density at radius 3 is 2.70 bits per heavy atom. The van der Waals surface area contributed by atoms with Gasteiger partial charge in [-0.25, -0.2) is 17.5 Å². The molecule has 1 aliphatic rings. The zero-order valence-electron chi connectivity index (χ0n) is 12.6. The summed E-state index contributed by atoms with van der Waals surface area (Å²) in [5.74, 6) is -1.17. The maximum atomic E-state index is 12.0. The maximum Gasteiger partial charge on any atom is 0.337 e. The molecule has 0 saturated carbocycles. The SMILES string of the molecule is COc1ccc(NC(=O)CCN2CCCS2(=O)=O)c(C(=O)O)c1. The number of anilines is 1. The van der Waals surface area contributed by atoms with Gasteiger partial charge >= 0.3 is 5.97 Å². The minimum atomic E-state index is -3.24. The molecular weight excluding hydrogens is 324 g/mol. The molecule has 23 heavy (non-hydrogen) atoms. The van der Waals surface area contributed by atoms with Gasteiger partial charge in [-0.05, 0) is 24.6 Å². The van der Waals surface area contributed by atoms with Gasteiger partial charge in [0, 0.05) is 19.5 Å². The highest BCUT2D eigenvalue weighted by molar-refractivity contribution is 7.89. The highest BCUT2D eigenvalue weighted by Crippen LogP contribution is 2.22. The zero-order chi connectivity index (χ0) is 17.0. The Morgan fingerprint density at radius 2 is 2.13 bits per heavy atom. The van der Waals surface area contributed by atoms with Crippen LogP contribution in [-0.4, -0.2) is 55.7 Å². The lowest BCUT2D eigenvalue weighted by molar-refractivity contribution is -0.116. The Kier molecular flexibility index (Phi) is 5.22. The summed E-state index contributed by atoms with van der Waals surface area (Å²) >= 11 is 0. The van der Waals surface area contributed by atoms with Gasteiger partial charge in [0.25, 0.3) is 0 Å². The molecule has 126 valence electrons. The van der Waals surface area contributed by atoms with E-state index in [9.17, 15) is 23.1 Å². The van der Waals surface area contributed by atoms with Gasteiger partial charge < -0.3 is 15.2 Å². The van der Waals surface area contributed by atoms with Crippen molar-refractivity contribution >= 4 is 27.6 Å². The number of hydrogen-bond donors (Lipinski definition) is 2. The predicted molar refractivity (Wildman–Crippen MR) is 83.2 cm³/mol. The number of carboxylic acids is 1. The summed E-state index contributed by atoms with van der Waals surface area (Å²) in [7, 11) is -1.83. The molecule has 2 N–H and O–H groups in total. The number of hydrogen-bond acceptors (Lipinski definition) is 5. The van der Waals surface area contributed by atoms with Gasteiger partial charge in [0.15, 0.2) is 0 Å². The summed E-state index contributed by atoms with van der Waals surface area (Å²) in [6, 6.07) is 4.28. The molecule has 0 atom stereocenters. The van der Waals surface area contributed by atoms with Crippen molar-refractivity contribution in [2.24, 2.45) is 0 Å². The van der Waals surface area contributed by atoms with E-state index in [1.807, 2.05) is 0 Å². The summed E-state index contributed by atoms with van der Waals surface area (Å²) in [5.41, 5.74) is 0.0547. The molecule has 1 saturated heterocycles. The van der Waals surface area contributed by atoms with E-state index in [-0.39, 0.29) is 30.0 Å². The van der Waals surface area contributed by atoms with Gasteiger partial charge in [0.2, 0.25) is 15.9 Å². The van der Waals surface area contributed by atoms with Crippen molar-refractivity contribution in [3.63, 3.8) is 0 Å². The number of nitrogens with zero attached hydrogens (tertiary/aromatic N) is 1. The van der Waals surface area contributed by atoms with Crippen LogP contribution in [0.1, 0.15) is 23.2 Å². The van der Waals surface area contributed by atoms with E-state index in [0.717, 1.165) is 0 Å². The fourth-order valence-electron chi connectivity index (χ4n) is 2.32. The van der Waals surface area contributed by atoms with Gasteiger partial charge in [-0.1, -0.05) is 0 Å². The topological polar surface area (TPSA) is 113 Å². The quantitative estimate of drug-likeness (QED) is 0.789. The number of sulfonamides is 1. The van der Waals surface area contributed by atoms with E-state index in [1.165, 1.54) is 29.6 Å². The number of ether oxygens (including phenoxy) is 1. The summed E-state index contributed by atoms with van der Waals surface area (Å²) < 4.78 is 29.5. The molecule has 0 unspecified atom stereocenters. The van der Waals surface area contributed by atoms with Crippen LogP contribution in [0.2, 0.25) is 0 Å². The average Bonchev–Trinajstić information content (AvgIpc) is 2.84. The Bertz CT molecular complexity index is 716. The first-order chi connectivity index (χ1) is 10.8. The van der Waals surface area contributed by atoms with E-state index in [0.29, 0.717) is 18.7 Å². The van der Waals surface area contributed by atoms with Crippen LogP contribution in [0.3, 0.4) is 0 Å². The number of nitrogens with one attached hydrogen (secondary N) is 1. The summed E-state index contributed by atoms with van der Waals surface area (Å²) in [6.07, 6.45) is 0.524. The predicted octanol–water partition coefficient (Wildman–Crippen LogP) is 0.758. The summed E-state index contributed by atoms with van der Waals surface area (Å²) in [4.78, 5) is 23.2. The number of amides is 1. The molecule has 1 aromatic carbocycles. The van der Waals surface area contributed by atoms with Crippen molar-refractivity contribution in [1.82, 2.24) is 4.31 Å². The van der Waals surface area contributed by atoms with Crippen LogP contribution in [0.4, 0.5) is 5.69 Å². The second-order valence-electron chi connectivity index (χ2n) is 5.08. The third-order valence-corrected chi connectivity index (χ3v) is 5.48. The van der Waals surface area contributed by atoms with Gasteiger partial charge in [0.1, 0.15) is 5.75 Å². The number of carbonyl (C=O) groups excluding carboxylic acids is 1. The van der Waals surface area contributed by atoms with Crippen molar-refractivity contribution in [2.75, 3.05) is 31.3 Å². The molecule has 0 aromatic heterocycles. The molecule has 0 spiro atoms. The van der Waals surface area contributed by atoms with Crippen LogP contribution in [-0.2, 0) is 14.8 Å². The van der Waals surface area contributed by atoms with Gasteiger partial charge in [-0.3, -0.25) is 4.79 Å². The van der Waals surface area contributed by atoms with E-state index in [4.69, 9.17) is 4.74 Å². The van der Waals surface area contributed by atoms with Gasteiger partial charge in [-0.2, -0.15) is 0 Å². The van der Waals surface area contributed by atoms with Crippen LogP contribution in [0.5, 0.6) is 5.75 Å². The monoisotopic (exact) mass is 342 g/mol. The van der Waals surface area contributed by atoms with Crippen molar-refractivity contribution in [3.05, 3.63) is 23.8 Å². The number of carboxylic acid groups (broad SMARTS) is 1. The minimum Gasteiger partial charge on any atom is -0.497 e. The molecule has 0 radical (unpaired) electrons. The standard InChI is InChI=1S/C14H18N2O6S/c1-22-10-3-4-12(11(9-10)14(18)19)15-13(17)5-7-16-6-2-8-23(16,20)21/h3-4,9H,2,5-8H2,1H3,(H,15,17)(H,18,19). The molecule has 1 heterocycles. The van der Waals surface area contributed by atoms with Crippen LogP contribution in [0.25, 0.3) is 0 Å². The van der Waals surface area contributed by atoms with E-state index in [1.54, 1.807) is 0 Å². The van der Waals surface area contributed by atoms with Crippen LogP contribution in [0.15, 0.2) is 18.2 Å². The lowest BCUT2D eigenvalue weighted by atomic mass is 10.1. The number of rotatable bonds is 6. The number of methoxy groups -OCH3 is 1. The number of benzene rings is 1. The van der Waals surface area contributed by atoms with Crippen LogP contribution in [0, 0.1) is 0 Å². The fourth-order valence-corrected chi connectivity index (χ4v) is 3.85. The molecular formula is C14H18N2O6S. The highest BCUT2D eigenvalue weighted by atomic mass is 32.2. The highest BCUT2D eigenvalue weighted by Gasteiger charge is 2.28. The van der Waals surface area contributed by atoms with Gasteiger partial charge in [-0.15, -0.1) is 0 Å². The molecule has 0 bridgehead atoms. The third kappa shape index (κ3) is 4.20. The van der Waals surface area contributed by atoms with E-state index in [2.05, 4.69) is 5.32 Å². The number of carbonyl (C=O) groups is 2. The number of aromatic carboxylic acids is 1. The molecule has 1 amide bonds. The smallest absolute Gasteiger partial charge is 0.337 e. The third-order valence-electron chi connectivity index (χ3n) is 3.52. The van der Waals surface area contributed by atoms with Crippen molar-refractivity contribution in [2.45, 2.75) is 12.8 Å². The Balaban J connectivity index is 2.01. The van der Waals surface area contributed by atoms with Crippen molar-refractivity contribution < 1.29 is 27.9 Å². The molecule has 8 nitrogen and oxygen atoms in total. The fraction of sp³-hybridized carbons (Fsp3) is 0.429. The molecule has 9 heteroatoms. The Morgan fingerprint density at radius 1 is 1.39 bits per heavy atom. The second kappa shape index (κ2) is 6.97. The lowest BCUT2D eigenvalue weighted by Gasteiger charge is -2.14. The Hall–Kier alpha value is -2.13. The maximum absolute atomic E-state index is 12.0. The lowest BCUT2D eigenvalue weighted by Crippen LogP contribution is -2.29. The first kappa shape index (κ1) is 17.2. The van der Waals surface area contributed by atoms with Crippen LogP contribution < -0.4 is 10.1 Å². The average molecular weight is 342 g/mol. The van der Waals surface area contributed by atoms with Crippen molar-refractivity contribution in [1.29, 1.82) is 0 Å². The van der Waals surface area contributed by atoms with Gasteiger partial charge in [0.05, 0.1) is 24.1 Å².